The van der Waals surface area contributed by atoms with E-state index in [9.17, 15) is 8.42 Å². The summed E-state index contributed by atoms with van der Waals surface area (Å²) >= 11 is 1.32. The quantitative estimate of drug-likeness (QED) is 0.826. The Kier molecular flexibility index (Phi) is 4.05. The monoisotopic (exact) mass is 258 g/mol. The van der Waals surface area contributed by atoms with E-state index in [2.05, 4.69) is 4.98 Å². The predicted molar refractivity (Wildman–Crippen MR) is 63.9 cm³/mol. The average molecular weight is 258 g/mol. The van der Waals surface area contributed by atoms with Gasteiger partial charge in [0.05, 0.1) is 23.4 Å². The molecular formula is C10H14N2O2S2. The summed E-state index contributed by atoms with van der Waals surface area (Å²) < 4.78 is 23.4. The van der Waals surface area contributed by atoms with Gasteiger partial charge in [0.25, 0.3) is 0 Å². The standard InChI is InChI=1S/C10H14N2O2S2/c1-7(2)16(13,14)6-10-12-8(3)9(15-10)4-5-11/h7H,4,6H2,1-3H3. The van der Waals surface area contributed by atoms with Gasteiger partial charge in [-0.25, -0.2) is 13.4 Å². The molecule has 0 saturated heterocycles. The van der Waals surface area contributed by atoms with Crippen LogP contribution in [0.1, 0.15) is 29.4 Å². The first-order valence-electron chi connectivity index (χ1n) is 4.90. The number of hydrogen-bond acceptors (Lipinski definition) is 5. The summed E-state index contributed by atoms with van der Waals surface area (Å²) in [6.45, 7) is 5.12. The minimum absolute atomic E-state index is 0.0262. The summed E-state index contributed by atoms with van der Waals surface area (Å²) in [4.78, 5) is 5.04. The zero-order valence-corrected chi connectivity index (χ0v) is 11.2. The van der Waals surface area contributed by atoms with Gasteiger partial charge in [0.15, 0.2) is 9.84 Å². The molecule has 0 aliphatic carbocycles. The molecule has 6 heteroatoms. The van der Waals surface area contributed by atoms with Crippen molar-refractivity contribution in [2.24, 2.45) is 0 Å². The van der Waals surface area contributed by atoms with Crippen LogP contribution >= 0.6 is 11.3 Å². The normalized spacial score (nSPS) is 11.7. The summed E-state index contributed by atoms with van der Waals surface area (Å²) in [7, 11) is -3.10. The summed E-state index contributed by atoms with van der Waals surface area (Å²) in [5.41, 5.74) is 0.764. The van der Waals surface area contributed by atoms with Gasteiger partial charge in [0.1, 0.15) is 10.8 Å². The van der Waals surface area contributed by atoms with Crippen LogP contribution in [0.25, 0.3) is 0 Å². The van der Waals surface area contributed by atoms with Crippen LogP contribution in [0.15, 0.2) is 0 Å². The molecule has 1 aromatic heterocycles. The molecule has 0 atom stereocenters. The lowest BCUT2D eigenvalue weighted by Crippen LogP contribution is -2.15. The molecule has 0 aliphatic rings. The van der Waals surface area contributed by atoms with Crippen LogP contribution in [0, 0.1) is 18.3 Å². The molecule has 1 heterocycles. The van der Waals surface area contributed by atoms with Crippen molar-refractivity contribution in [2.75, 3.05) is 0 Å². The Labute approximate surface area is 99.9 Å². The molecule has 0 fully saturated rings. The maximum Gasteiger partial charge on any atom is 0.159 e. The molecule has 0 aliphatic heterocycles. The summed E-state index contributed by atoms with van der Waals surface area (Å²) in [6, 6.07) is 2.04. The second kappa shape index (κ2) is 4.93. The third-order valence-corrected chi connectivity index (χ3v) is 5.67. The van der Waals surface area contributed by atoms with Gasteiger partial charge >= 0.3 is 0 Å². The van der Waals surface area contributed by atoms with Crippen molar-refractivity contribution >= 4 is 21.2 Å². The Morgan fingerprint density at radius 1 is 1.50 bits per heavy atom. The van der Waals surface area contributed by atoms with Gasteiger partial charge in [-0.15, -0.1) is 11.3 Å². The highest BCUT2D eigenvalue weighted by Crippen LogP contribution is 2.21. The highest BCUT2D eigenvalue weighted by Gasteiger charge is 2.19. The van der Waals surface area contributed by atoms with Crippen molar-refractivity contribution < 1.29 is 8.42 Å². The SMILES string of the molecule is Cc1nc(CS(=O)(=O)C(C)C)sc1CC#N. The fraction of sp³-hybridized carbons (Fsp3) is 0.600. The van der Waals surface area contributed by atoms with Gasteiger partial charge in [0, 0.05) is 4.88 Å². The molecule has 0 amide bonds. The highest BCUT2D eigenvalue weighted by atomic mass is 32.2. The van der Waals surface area contributed by atoms with Crippen molar-refractivity contribution in [2.45, 2.75) is 38.2 Å². The van der Waals surface area contributed by atoms with Crippen molar-refractivity contribution in [1.82, 2.24) is 4.98 Å². The molecule has 1 aromatic rings. The van der Waals surface area contributed by atoms with E-state index in [1.54, 1.807) is 20.8 Å². The molecule has 1 rings (SSSR count). The van der Waals surface area contributed by atoms with E-state index < -0.39 is 15.1 Å². The highest BCUT2D eigenvalue weighted by molar-refractivity contribution is 7.91. The first-order chi connectivity index (χ1) is 7.36. The Morgan fingerprint density at radius 2 is 2.12 bits per heavy atom. The first-order valence-corrected chi connectivity index (χ1v) is 7.43. The number of sulfone groups is 1. The maximum absolute atomic E-state index is 11.7. The van der Waals surface area contributed by atoms with E-state index in [0.29, 0.717) is 11.4 Å². The Bertz CT molecular complexity index is 509. The molecule has 0 spiro atoms. The summed E-state index contributed by atoms with van der Waals surface area (Å²) in [6.07, 6.45) is 0.297. The fourth-order valence-electron chi connectivity index (χ4n) is 1.12. The molecule has 16 heavy (non-hydrogen) atoms. The van der Waals surface area contributed by atoms with Crippen LogP contribution in [0.3, 0.4) is 0 Å². The molecule has 0 saturated carbocycles. The van der Waals surface area contributed by atoms with Gasteiger partial charge in [-0.2, -0.15) is 5.26 Å². The number of nitriles is 1. The van der Waals surface area contributed by atoms with E-state index in [-0.39, 0.29) is 5.75 Å². The minimum Gasteiger partial charge on any atom is -0.245 e. The topological polar surface area (TPSA) is 70.8 Å². The zero-order valence-electron chi connectivity index (χ0n) is 9.52. The van der Waals surface area contributed by atoms with Gasteiger partial charge in [0.2, 0.25) is 0 Å². The van der Waals surface area contributed by atoms with Crippen LogP contribution < -0.4 is 0 Å². The van der Waals surface area contributed by atoms with Crippen LogP contribution in [0.2, 0.25) is 0 Å². The van der Waals surface area contributed by atoms with E-state index in [1.165, 1.54) is 11.3 Å². The summed E-state index contributed by atoms with van der Waals surface area (Å²) in [5, 5.41) is 8.77. The van der Waals surface area contributed by atoms with Gasteiger partial charge in [-0.1, -0.05) is 0 Å². The number of rotatable bonds is 4. The van der Waals surface area contributed by atoms with Crippen molar-refractivity contribution in [3.05, 3.63) is 15.6 Å². The lowest BCUT2D eigenvalue weighted by Gasteiger charge is -2.04. The van der Waals surface area contributed by atoms with E-state index in [0.717, 1.165) is 10.6 Å². The van der Waals surface area contributed by atoms with Crippen LogP contribution in [-0.2, 0) is 22.0 Å². The number of thiazole rings is 1. The Balaban J connectivity index is 2.92. The number of hydrogen-bond donors (Lipinski definition) is 0. The lowest BCUT2D eigenvalue weighted by molar-refractivity contribution is 0.586. The molecular weight excluding hydrogens is 244 g/mol. The van der Waals surface area contributed by atoms with Crippen molar-refractivity contribution in [1.29, 1.82) is 5.26 Å². The first kappa shape index (κ1) is 13.1. The lowest BCUT2D eigenvalue weighted by atomic mass is 10.3. The van der Waals surface area contributed by atoms with E-state index >= 15 is 0 Å². The van der Waals surface area contributed by atoms with Crippen molar-refractivity contribution in [3.8, 4) is 6.07 Å². The van der Waals surface area contributed by atoms with Gasteiger partial charge < -0.3 is 0 Å². The smallest absolute Gasteiger partial charge is 0.159 e. The maximum atomic E-state index is 11.7. The van der Waals surface area contributed by atoms with Crippen LogP contribution in [0.5, 0.6) is 0 Å². The predicted octanol–water partition coefficient (Wildman–Crippen LogP) is 1.84. The van der Waals surface area contributed by atoms with Crippen molar-refractivity contribution in [3.63, 3.8) is 0 Å². The minimum atomic E-state index is -3.10. The molecule has 0 unspecified atom stereocenters. The van der Waals surface area contributed by atoms with E-state index in [4.69, 9.17) is 5.26 Å². The van der Waals surface area contributed by atoms with Gasteiger partial charge in [-0.05, 0) is 20.8 Å². The average Bonchev–Trinajstić information content (AvgIpc) is 2.46. The number of nitrogens with zero attached hydrogens (tertiary/aromatic N) is 2. The Morgan fingerprint density at radius 3 is 2.62 bits per heavy atom. The zero-order chi connectivity index (χ0) is 12.3. The molecule has 0 aromatic carbocycles. The molecule has 0 radical (unpaired) electrons. The molecule has 0 N–H and O–H groups in total. The third-order valence-electron chi connectivity index (χ3n) is 2.22. The van der Waals surface area contributed by atoms with Gasteiger partial charge in [-0.3, -0.25) is 0 Å². The second-order valence-electron chi connectivity index (χ2n) is 3.81. The Hall–Kier alpha value is -0.930. The van der Waals surface area contributed by atoms with Crippen LogP contribution in [-0.4, -0.2) is 18.7 Å². The summed E-state index contributed by atoms with van der Waals surface area (Å²) in [5.74, 6) is -0.0262. The van der Waals surface area contributed by atoms with E-state index in [1.807, 2.05) is 6.07 Å². The second-order valence-corrected chi connectivity index (χ2v) is 7.53. The largest absolute Gasteiger partial charge is 0.245 e. The molecule has 88 valence electrons. The molecule has 4 nitrogen and oxygen atoms in total. The fourth-order valence-corrected chi connectivity index (χ4v) is 3.39. The van der Waals surface area contributed by atoms with Crippen LogP contribution in [0.4, 0.5) is 0 Å². The number of aromatic nitrogens is 1. The third kappa shape index (κ3) is 3.03. The molecule has 0 bridgehead atoms. The number of aryl methyl sites for hydroxylation is 1.